The standard InChI is InChI=1S/C30H20F6/c1-2-3-4-25(31)29(35)21-11-9-19(10-12-21)18-5-7-20(8-6-18)22-13-14-24(26(32)15-22)23-16-27(33)30(36)28(34)17-23/h2,5-17H,1,3-4H2/b29-25+. The molecule has 182 valence electrons. The molecule has 0 aliphatic carbocycles. The Morgan fingerprint density at radius 1 is 0.611 bits per heavy atom. The van der Waals surface area contributed by atoms with E-state index in [-0.39, 0.29) is 23.1 Å². The highest BCUT2D eigenvalue weighted by atomic mass is 19.2. The molecule has 0 amide bonds. The van der Waals surface area contributed by atoms with Crippen LogP contribution in [0.25, 0.3) is 39.2 Å². The second-order valence-electron chi connectivity index (χ2n) is 8.15. The number of halogens is 6. The maximum absolute atomic E-state index is 14.8. The lowest BCUT2D eigenvalue weighted by molar-refractivity contribution is 0.447. The van der Waals surface area contributed by atoms with Crippen LogP contribution < -0.4 is 0 Å². The van der Waals surface area contributed by atoms with Crippen LogP contribution in [0.1, 0.15) is 18.4 Å². The average molecular weight is 494 g/mol. The number of rotatable bonds is 7. The van der Waals surface area contributed by atoms with Crippen LogP contribution >= 0.6 is 0 Å². The van der Waals surface area contributed by atoms with Crippen molar-refractivity contribution in [2.45, 2.75) is 12.8 Å². The molecule has 0 saturated carbocycles. The Balaban J connectivity index is 1.55. The quantitative estimate of drug-likeness (QED) is 0.136. The molecule has 0 radical (unpaired) electrons. The molecule has 0 saturated heterocycles. The average Bonchev–Trinajstić information content (AvgIpc) is 2.89. The van der Waals surface area contributed by atoms with Crippen molar-refractivity contribution in [3.8, 4) is 33.4 Å². The highest BCUT2D eigenvalue weighted by Gasteiger charge is 2.15. The first kappa shape index (κ1) is 25.0. The van der Waals surface area contributed by atoms with Gasteiger partial charge in [0.05, 0.1) is 0 Å². The highest BCUT2D eigenvalue weighted by Crippen LogP contribution is 2.32. The third kappa shape index (κ3) is 5.28. The van der Waals surface area contributed by atoms with Crippen molar-refractivity contribution < 1.29 is 26.3 Å². The molecule has 6 heteroatoms. The zero-order valence-electron chi connectivity index (χ0n) is 19.0. The Bertz CT molecular complexity index is 1410. The van der Waals surface area contributed by atoms with E-state index in [2.05, 4.69) is 6.58 Å². The minimum atomic E-state index is -1.61. The molecule has 4 aromatic rings. The van der Waals surface area contributed by atoms with E-state index in [1.807, 2.05) is 0 Å². The maximum atomic E-state index is 14.8. The number of hydrogen-bond donors (Lipinski definition) is 0. The molecule has 0 bridgehead atoms. The molecular formula is C30H20F6. The van der Waals surface area contributed by atoms with E-state index in [9.17, 15) is 26.3 Å². The first-order chi connectivity index (χ1) is 17.3. The molecular weight excluding hydrogens is 474 g/mol. The van der Waals surface area contributed by atoms with Gasteiger partial charge in [-0.3, -0.25) is 0 Å². The number of allylic oxidation sites excluding steroid dienone is 2. The van der Waals surface area contributed by atoms with Crippen molar-refractivity contribution in [3.63, 3.8) is 0 Å². The summed E-state index contributed by atoms with van der Waals surface area (Å²) in [7, 11) is 0. The third-order valence-electron chi connectivity index (χ3n) is 5.76. The van der Waals surface area contributed by atoms with Gasteiger partial charge < -0.3 is 0 Å². The number of hydrogen-bond acceptors (Lipinski definition) is 0. The van der Waals surface area contributed by atoms with Crippen LogP contribution in [0.4, 0.5) is 26.3 Å². The summed E-state index contributed by atoms with van der Waals surface area (Å²) in [5.41, 5.74) is 2.80. The number of benzene rings is 4. The van der Waals surface area contributed by atoms with Crippen molar-refractivity contribution in [3.05, 3.63) is 126 Å². The lowest BCUT2D eigenvalue weighted by atomic mass is 9.97. The highest BCUT2D eigenvalue weighted by molar-refractivity contribution is 5.74. The molecule has 4 rings (SSSR count). The molecule has 4 aromatic carbocycles. The summed E-state index contributed by atoms with van der Waals surface area (Å²) in [5.74, 6) is -6.83. The van der Waals surface area contributed by atoms with Gasteiger partial charge in [-0.25, -0.2) is 26.3 Å². The zero-order valence-corrected chi connectivity index (χ0v) is 19.0. The monoisotopic (exact) mass is 494 g/mol. The van der Waals surface area contributed by atoms with Crippen LogP contribution in [-0.4, -0.2) is 0 Å². The Hall–Kier alpha value is -4.06. The maximum Gasteiger partial charge on any atom is 0.194 e. The molecule has 0 unspecified atom stereocenters. The lowest BCUT2D eigenvalue weighted by Gasteiger charge is -2.09. The molecule has 0 atom stereocenters. The zero-order chi connectivity index (χ0) is 25.8. The molecule has 0 fully saturated rings. The van der Waals surface area contributed by atoms with E-state index in [0.717, 1.165) is 23.3 Å². The van der Waals surface area contributed by atoms with Crippen LogP contribution in [0.3, 0.4) is 0 Å². The van der Waals surface area contributed by atoms with Crippen molar-refractivity contribution in [2.75, 3.05) is 0 Å². The summed E-state index contributed by atoms with van der Waals surface area (Å²) >= 11 is 0. The van der Waals surface area contributed by atoms with Crippen LogP contribution in [0.15, 0.2) is 97.3 Å². The van der Waals surface area contributed by atoms with Crippen LogP contribution in [-0.2, 0) is 0 Å². The molecule has 0 aliphatic rings. The van der Waals surface area contributed by atoms with Gasteiger partial charge in [0.25, 0.3) is 0 Å². The van der Waals surface area contributed by atoms with Crippen molar-refractivity contribution >= 4 is 5.83 Å². The van der Waals surface area contributed by atoms with Gasteiger partial charge in [-0.2, -0.15) is 0 Å². The van der Waals surface area contributed by atoms with Crippen LogP contribution in [0.5, 0.6) is 0 Å². The molecule has 0 spiro atoms. The Morgan fingerprint density at radius 2 is 1.08 bits per heavy atom. The van der Waals surface area contributed by atoms with Gasteiger partial charge in [0.15, 0.2) is 23.3 Å². The van der Waals surface area contributed by atoms with Crippen molar-refractivity contribution in [2.24, 2.45) is 0 Å². The largest absolute Gasteiger partial charge is 0.209 e. The summed E-state index contributed by atoms with van der Waals surface area (Å²) in [6.45, 7) is 3.50. The summed E-state index contributed by atoms with van der Waals surface area (Å²) in [5, 5.41) is 0. The van der Waals surface area contributed by atoms with E-state index in [1.54, 1.807) is 42.5 Å². The fourth-order valence-electron chi connectivity index (χ4n) is 3.80. The molecule has 36 heavy (non-hydrogen) atoms. The fourth-order valence-corrected chi connectivity index (χ4v) is 3.80. The minimum Gasteiger partial charge on any atom is -0.209 e. The molecule has 0 nitrogen and oxygen atoms in total. The molecule has 0 heterocycles. The second kappa shape index (κ2) is 10.7. The Labute approximate surface area is 204 Å². The first-order valence-corrected chi connectivity index (χ1v) is 11.1. The predicted molar refractivity (Wildman–Crippen MR) is 131 cm³/mol. The van der Waals surface area contributed by atoms with Gasteiger partial charge in [0, 0.05) is 17.5 Å². The normalized spacial score (nSPS) is 11.8. The smallest absolute Gasteiger partial charge is 0.194 e. The Morgan fingerprint density at radius 3 is 1.61 bits per heavy atom. The summed E-state index contributed by atoms with van der Waals surface area (Å²) < 4.78 is 83.2. The minimum absolute atomic E-state index is 0.0439. The summed E-state index contributed by atoms with van der Waals surface area (Å²) in [4.78, 5) is 0. The van der Waals surface area contributed by atoms with Gasteiger partial charge >= 0.3 is 0 Å². The molecule has 0 N–H and O–H groups in total. The van der Waals surface area contributed by atoms with Crippen LogP contribution in [0.2, 0.25) is 0 Å². The SMILES string of the molecule is C=CCC/C(F)=C(\F)c1ccc(-c2ccc(-c3ccc(-c4cc(F)c(F)c(F)c4)c(F)c3)cc2)cc1. The Kier molecular flexibility index (Phi) is 7.44. The predicted octanol–water partition coefficient (Wildman–Crippen LogP) is 9.82. The molecule has 0 aliphatic heterocycles. The summed E-state index contributed by atoms with van der Waals surface area (Å²) in [6, 6.07) is 19.2. The first-order valence-electron chi connectivity index (χ1n) is 11.1. The van der Waals surface area contributed by atoms with E-state index in [4.69, 9.17) is 0 Å². The van der Waals surface area contributed by atoms with Crippen molar-refractivity contribution in [1.29, 1.82) is 0 Å². The lowest BCUT2D eigenvalue weighted by Crippen LogP contribution is -1.94. The van der Waals surface area contributed by atoms with E-state index >= 15 is 0 Å². The second-order valence-corrected chi connectivity index (χ2v) is 8.15. The molecule has 0 aromatic heterocycles. The summed E-state index contributed by atoms with van der Waals surface area (Å²) in [6.07, 6.45) is 1.83. The van der Waals surface area contributed by atoms with Gasteiger partial charge in [0.2, 0.25) is 0 Å². The van der Waals surface area contributed by atoms with E-state index in [1.165, 1.54) is 30.3 Å². The fraction of sp³-hybridized carbons (Fsp3) is 0.0667. The van der Waals surface area contributed by atoms with Crippen LogP contribution in [0, 0.1) is 23.3 Å². The topological polar surface area (TPSA) is 0 Å². The van der Waals surface area contributed by atoms with Gasteiger partial charge in [-0.05, 0) is 52.4 Å². The van der Waals surface area contributed by atoms with Gasteiger partial charge in [-0.1, -0.05) is 66.7 Å². The van der Waals surface area contributed by atoms with Crippen molar-refractivity contribution in [1.82, 2.24) is 0 Å². The van der Waals surface area contributed by atoms with E-state index < -0.39 is 34.9 Å². The van der Waals surface area contributed by atoms with Gasteiger partial charge in [0.1, 0.15) is 11.6 Å². The third-order valence-corrected chi connectivity index (χ3v) is 5.76. The van der Waals surface area contributed by atoms with E-state index in [0.29, 0.717) is 17.5 Å². The van der Waals surface area contributed by atoms with Gasteiger partial charge in [-0.15, -0.1) is 6.58 Å².